The van der Waals surface area contributed by atoms with Crippen LogP contribution in [0.1, 0.15) is 31.4 Å². The van der Waals surface area contributed by atoms with E-state index in [9.17, 15) is 5.11 Å². The number of nitrogens with zero attached hydrogens (tertiary/aromatic N) is 2. The summed E-state index contributed by atoms with van der Waals surface area (Å²) in [6, 6.07) is 4.24. The van der Waals surface area contributed by atoms with Gasteiger partial charge in [-0.15, -0.1) is 0 Å². The molecule has 0 radical (unpaired) electrons. The van der Waals surface area contributed by atoms with E-state index in [1.54, 1.807) is 12.4 Å². The molecule has 0 aliphatic carbocycles. The van der Waals surface area contributed by atoms with Gasteiger partial charge in [0.2, 0.25) is 0 Å². The van der Waals surface area contributed by atoms with Gasteiger partial charge in [-0.1, -0.05) is 0 Å². The number of hydrogen-bond acceptors (Lipinski definition) is 4. The van der Waals surface area contributed by atoms with Crippen molar-refractivity contribution in [3.63, 3.8) is 0 Å². The van der Waals surface area contributed by atoms with Crippen LogP contribution < -0.4 is 5.73 Å². The first kappa shape index (κ1) is 12.5. The van der Waals surface area contributed by atoms with E-state index in [0.29, 0.717) is 6.54 Å². The van der Waals surface area contributed by atoms with Crippen LogP contribution in [0.5, 0.6) is 0 Å². The van der Waals surface area contributed by atoms with Crippen molar-refractivity contribution in [1.82, 2.24) is 9.88 Å². The molecule has 0 bridgehead atoms. The third-order valence-corrected chi connectivity index (χ3v) is 3.37. The number of pyridine rings is 1. The van der Waals surface area contributed by atoms with Gasteiger partial charge in [-0.05, 0) is 44.0 Å². The molecule has 3 unspecified atom stereocenters. The number of aliphatic hydroxyl groups excluding tert-OH is 1. The highest BCUT2D eigenvalue weighted by atomic mass is 16.3. The Labute approximate surface area is 102 Å². The number of likely N-dealkylation sites (tertiary alicyclic amines) is 1. The largest absolute Gasteiger partial charge is 0.392 e. The standard InChI is InChI=1S/C13H21N3O/c1-10(14)13(11-4-6-15-7-5-11)16-8-2-3-12(17)9-16/h4-7,10,12-13,17H,2-3,8-9,14H2,1H3. The van der Waals surface area contributed by atoms with Gasteiger partial charge in [-0.25, -0.2) is 0 Å². The third kappa shape index (κ3) is 3.03. The first-order valence-electron chi connectivity index (χ1n) is 6.26. The van der Waals surface area contributed by atoms with Crippen molar-refractivity contribution < 1.29 is 5.11 Å². The van der Waals surface area contributed by atoms with Crippen molar-refractivity contribution in [2.24, 2.45) is 5.73 Å². The van der Waals surface area contributed by atoms with Crippen molar-refractivity contribution in [2.45, 2.75) is 38.0 Å². The lowest BCUT2D eigenvalue weighted by atomic mass is 9.97. The fraction of sp³-hybridized carbons (Fsp3) is 0.615. The molecule has 17 heavy (non-hydrogen) atoms. The molecule has 1 aromatic heterocycles. The second kappa shape index (κ2) is 5.58. The fourth-order valence-corrected chi connectivity index (χ4v) is 2.64. The second-order valence-corrected chi connectivity index (χ2v) is 4.88. The minimum Gasteiger partial charge on any atom is -0.392 e. The predicted molar refractivity (Wildman–Crippen MR) is 67.4 cm³/mol. The zero-order chi connectivity index (χ0) is 12.3. The van der Waals surface area contributed by atoms with E-state index in [2.05, 4.69) is 9.88 Å². The minimum atomic E-state index is -0.216. The summed E-state index contributed by atoms with van der Waals surface area (Å²) >= 11 is 0. The van der Waals surface area contributed by atoms with Gasteiger partial charge in [0, 0.05) is 31.0 Å². The van der Waals surface area contributed by atoms with Gasteiger partial charge in [-0.2, -0.15) is 0 Å². The molecule has 0 spiro atoms. The van der Waals surface area contributed by atoms with Crippen molar-refractivity contribution in [2.75, 3.05) is 13.1 Å². The molecule has 2 rings (SSSR count). The highest BCUT2D eigenvalue weighted by Crippen LogP contribution is 2.26. The Morgan fingerprint density at radius 2 is 2.18 bits per heavy atom. The number of rotatable bonds is 3. The van der Waals surface area contributed by atoms with Gasteiger partial charge in [0.15, 0.2) is 0 Å². The lowest BCUT2D eigenvalue weighted by molar-refractivity contribution is 0.0404. The monoisotopic (exact) mass is 235 g/mol. The maximum atomic E-state index is 9.76. The van der Waals surface area contributed by atoms with E-state index < -0.39 is 0 Å². The third-order valence-electron chi connectivity index (χ3n) is 3.37. The smallest absolute Gasteiger partial charge is 0.0667 e. The Hall–Kier alpha value is -0.970. The summed E-state index contributed by atoms with van der Waals surface area (Å²) in [5, 5.41) is 9.76. The minimum absolute atomic E-state index is 0.0442. The molecule has 94 valence electrons. The lowest BCUT2D eigenvalue weighted by Crippen LogP contribution is -2.46. The molecule has 2 heterocycles. The van der Waals surface area contributed by atoms with Gasteiger partial charge in [0.25, 0.3) is 0 Å². The van der Waals surface area contributed by atoms with E-state index in [0.717, 1.165) is 19.4 Å². The molecule has 0 aromatic carbocycles. The normalized spacial score (nSPS) is 25.5. The summed E-state index contributed by atoms with van der Waals surface area (Å²) < 4.78 is 0. The molecule has 0 amide bonds. The number of piperidine rings is 1. The Morgan fingerprint density at radius 1 is 1.47 bits per heavy atom. The van der Waals surface area contributed by atoms with Crippen molar-refractivity contribution in [3.05, 3.63) is 30.1 Å². The summed E-state index contributed by atoms with van der Waals surface area (Å²) in [5.74, 6) is 0. The van der Waals surface area contributed by atoms with Gasteiger partial charge in [0.05, 0.1) is 6.10 Å². The van der Waals surface area contributed by atoms with E-state index in [4.69, 9.17) is 5.73 Å². The second-order valence-electron chi connectivity index (χ2n) is 4.88. The zero-order valence-electron chi connectivity index (χ0n) is 10.3. The van der Waals surface area contributed by atoms with Crippen LogP contribution in [-0.4, -0.2) is 40.2 Å². The van der Waals surface area contributed by atoms with Gasteiger partial charge >= 0.3 is 0 Å². The molecular formula is C13H21N3O. The number of nitrogens with two attached hydrogens (primary N) is 1. The maximum absolute atomic E-state index is 9.76. The zero-order valence-corrected chi connectivity index (χ0v) is 10.3. The van der Waals surface area contributed by atoms with Crippen LogP contribution in [0.25, 0.3) is 0 Å². The predicted octanol–water partition coefficient (Wildman–Crippen LogP) is 0.927. The van der Waals surface area contributed by atoms with Gasteiger partial charge in [0.1, 0.15) is 0 Å². The molecule has 3 atom stereocenters. The summed E-state index contributed by atoms with van der Waals surface area (Å²) in [6.45, 7) is 3.74. The summed E-state index contributed by atoms with van der Waals surface area (Å²) in [7, 11) is 0. The average molecular weight is 235 g/mol. The first-order valence-corrected chi connectivity index (χ1v) is 6.26. The number of aromatic nitrogens is 1. The molecular weight excluding hydrogens is 214 g/mol. The van der Waals surface area contributed by atoms with E-state index in [1.807, 2.05) is 19.1 Å². The quantitative estimate of drug-likeness (QED) is 0.818. The Balaban J connectivity index is 2.17. The van der Waals surface area contributed by atoms with Crippen LogP contribution in [0.15, 0.2) is 24.5 Å². The highest BCUT2D eigenvalue weighted by molar-refractivity contribution is 5.17. The summed E-state index contributed by atoms with van der Waals surface area (Å²) in [4.78, 5) is 6.32. The van der Waals surface area contributed by atoms with Crippen molar-refractivity contribution in [1.29, 1.82) is 0 Å². The highest BCUT2D eigenvalue weighted by Gasteiger charge is 2.28. The fourth-order valence-electron chi connectivity index (χ4n) is 2.64. The number of β-amino-alcohol motifs (C(OH)–C–C–N with tert-alkyl or cyclic N) is 1. The summed E-state index contributed by atoms with van der Waals surface area (Å²) in [6.07, 6.45) is 5.32. The Bertz CT molecular complexity index is 342. The van der Waals surface area contributed by atoms with Gasteiger partial charge in [-0.3, -0.25) is 9.88 Å². The van der Waals surface area contributed by atoms with Crippen LogP contribution in [0.3, 0.4) is 0 Å². The molecule has 4 nitrogen and oxygen atoms in total. The molecule has 1 aliphatic rings. The van der Waals surface area contributed by atoms with Crippen LogP contribution >= 0.6 is 0 Å². The van der Waals surface area contributed by atoms with Crippen molar-refractivity contribution >= 4 is 0 Å². The molecule has 1 saturated heterocycles. The summed E-state index contributed by atoms with van der Waals surface area (Å²) in [5.41, 5.74) is 7.29. The van der Waals surface area contributed by atoms with Crippen molar-refractivity contribution in [3.8, 4) is 0 Å². The number of aliphatic hydroxyl groups is 1. The number of hydrogen-bond donors (Lipinski definition) is 2. The van der Waals surface area contributed by atoms with Crippen LogP contribution in [-0.2, 0) is 0 Å². The molecule has 0 saturated carbocycles. The molecule has 4 heteroatoms. The van der Waals surface area contributed by atoms with Crippen LogP contribution in [0.4, 0.5) is 0 Å². The Morgan fingerprint density at radius 3 is 2.76 bits per heavy atom. The molecule has 1 fully saturated rings. The first-order chi connectivity index (χ1) is 8.18. The molecule has 1 aliphatic heterocycles. The molecule has 3 N–H and O–H groups in total. The average Bonchev–Trinajstić information content (AvgIpc) is 2.30. The van der Waals surface area contributed by atoms with E-state index in [1.165, 1.54) is 5.56 Å². The van der Waals surface area contributed by atoms with E-state index in [-0.39, 0.29) is 18.2 Å². The van der Waals surface area contributed by atoms with Crippen LogP contribution in [0.2, 0.25) is 0 Å². The van der Waals surface area contributed by atoms with E-state index >= 15 is 0 Å². The van der Waals surface area contributed by atoms with Crippen LogP contribution in [0, 0.1) is 0 Å². The molecule has 1 aromatic rings. The topological polar surface area (TPSA) is 62.4 Å². The Kier molecular flexibility index (Phi) is 4.10. The van der Waals surface area contributed by atoms with Gasteiger partial charge < -0.3 is 10.8 Å². The lowest BCUT2D eigenvalue weighted by Gasteiger charge is -2.38. The SMILES string of the molecule is CC(N)C(c1ccncc1)N1CCCC(O)C1. The maximum Gasteiger partial charge on any atom is 0.0667 e.